The summed E-state index contributed by atoms with van der Waals surface area (Å²) in [6.07, 6.45) is 2.82. The van der Waals surface area contributed by atoms with Gasteiger partial charge in [0.05, 0.1) is 11.7 Å². The molecule has 2 aromatic heterocycles. The maximum atomic E-state index is 6.10. The Balaban J connectivity index is 1.74. The Morgan fingerprint density at radius 3 is 2.91 bits per heavy atom. The number of rotatable bonds is 6. The lowest BCUT2D eigenvalue weighted by Crippen LogP contribution is -2.30. The molecule has 122 valence electrons. The quantitative estimate of drug-likeness (QED) is 0.645. The van der Waals surface area contributed by atoms with Crippen molar-refractivity contribution in [2.24, 2.45) is 11.7 Å². The first-order valence-electron chi connectivity index (χ1n) is 7.80. The Morgan fingerprint density at radius 2 is 2.13 bits per heavy atom. The van der Waals surface area contributed by atoms with Crippen molar-refractivity contribution < 1.29 is 0 Å². The lowest BCUT2D eigenvalue weighted by Gasteiger charge is -2.13. The highest BCUT2D eigenvalue weighted by Crippen LogP contribution is 2.31. The molecular formula is C16H22N6S. The zero-order valence-corrected chi connectivity index (χ0v) is 14.4. The van der Waals surface area contributed by atoms with E-state index in [4.69, 9.17) is 5.73 Å². The van der Waals surface area contributed by atoms with Gasteiger partial charge in [0.1, 0.15) is 5.01 Å². The average molecular weight is 330 g/mol. The van der Waals surface area contributed by atoms with E-state index in [-0.39, 0.29) is 6.04 Å². The summed E-state index contributed by atoms with van der Waals surface area (Å²) in [7, 11) is 0. The standard InChI is InChI=1S/C16H22N6S/c1-9(2)4-12(17)8-18-16-22-21-15(23-16)13-6-11-7-19-20-14(11)5-10(13)3/h5-7,9,12H,4,8,17H2,1-3H3,(H,18,22)(H,19,20)/t12-/m1/s1. The second-order valence-electron chi connectivity index (χ2n) is 6.31. The van der Waals surface area contributed by atoms with E-state index in [2.05, 4.69) is 58.6 Å². The maximum absolute atomic E-state index is 6.10. The molecule has 0 fully saturated rings. The number of benzene rings is 1. The third-order valence-corrected chi connectivity index (χ3v) is 4.64. The summed E-state index contributed by atoms with van der Waals surface area (Å²) in [4.78, 5) is 0. The number of nitrogens with two attached hydrogens (primary N) is 1. The Hall–Kier alpha value is -1.99. The van der Waals surface area contributed by atoms with Gasteiger partial charge in [0.25, 0.3) is 0 Å². The van der Waals surface area contributed by atoms with Crippen molar-refractivity contribution >= 4 is 27.4 Å². The molecule has 3 rings (SSSR count). The molecule has 0 spiro atoms. The van der Waals surface area contributed by atoms with Crippen LogP contribution in [0.3, 0.4) is 0 Å². The molecule has 1 atom stereocenters. The summed E-state index contributed by atoms with van der Waals surface area (Å²) in [6.45, 7) is 7.14. The number of aryl methyl sites for hydroxylation is 1. The van der Waals surface area contributed by atoms with Crippen LogP contribution >= 0.6 is 11.3 Å². The maximum Gasteiger partial charge on any atom is 0.206 e. The summed E-state index contributed by atoms with van der Waals surface area (Å²) in [5.74, 6) is 0.598. The fourth-order valence-corrected chi connectivity index (χ4v) is 3.47. The summed E-state index contributed by atoms with van der Waals surface area (Å²) in [5, 5.41) is 21.7. The lowest BCUT2D eigenvalue weighted by molar-refractivity contribution is 0.508. The SMILES string of the molecule is Cc1cc2[nH]ncc2cc1-c1nnc(NC[C@H](N)CC(C)C)s1. The smallest absolute Gasteiger partial charge is 0.206 e. The predicted molar refractivity (Wildman–Crippen MR) is 95.7 cm³/mol. The van der Waals surface area contributed by atoms with Gasteiger partial charge in [0.15, 0.2) is 0 Å². The number of anilines is 1. The van der Waals surface area contributed by atoms with Gasteiger partial charge in [-0.3, -0.25) is 5.10 Å². The molecule has 3 aromatic rings. The van der Waals surface area contributed by atoms with E-state index in [1.807, 2.05) is 6.20 Å². The van der Waals surface area contributed by atoms with Gasteiger partial charge in [0, 0.05) is 23.5 Å². The highest BCUT2D eigenvalue weighted by atomic mass is 32.1. The highest BCUT2D eigenvalue weighted by molar-refractivity contribution is 7.18. The van der Waals surface area contributed by atoms with Crippen molar-refractivity contribution in [3.63, 3.8) is 0 Å². The molecule has 2 heterocycles. The van der Waals surface area contributed by atoms with Crippen LogP contribution in [0.15, 0.2) is 18.3 Å². The number of H-pyrrole nitrogens is 1. The van der Waals surface area contributed by atoms with Crippen LogP contribution in [0, 0.1) is 12.8 Å². The van der Waals surface area contributed by atoms with Crippen LogP contribution in [0.5, 0.6) is 0 Å². The first-order chi connectivity index (χ1) is 11.0. The molecule has 0 bridgehead atoms. The molecule has 7 heteroatoms. The van der Waals surface area contributed by atoms with Crippen LogP contribution < -0.4 is 11.1 Å². The van der Waals surface area contributed by atoms with Gasteiger partial charge >= 0.3 is 0 Å². The van der Waals surface area contributed by atoms with Crippen molar-refractivity contribution in [1.82, 2.24) is 20.4 Å². The number of aromatic nitrogens is 4. The Kier molecular flexibility index (Phi) is 4.58. The van der Waals surface area contributed by atoms with E-state index >= 15 is 0 Å². The molecular weight excluding hydrogens is 308 g/mol. The van der Waals surface area contributed by atoms with Crippen molar-refractivity contribution in [3.8, 4) is 10.6 Å². The van der Waals surface area contributed by atoms with Crippen molar-refractivity contribution in [3.05, 3.63) is 23.9 Å². The van der Waals surface area contributed by atoms with Crippen molar-refractivity contribution in [2.75, 3.05) is 11.9 Å². The van der Waals surface area contributed by atoms with Crippen molar-refractivity contribution in [1.29, 1.82) is 0 Å². The molecule has 0 saturated heterocycles. The van der Waals surface area contributed by atoms with Gasteiger partial charge in [-0.15, -0.1) is 10.2 Å². The monoisotopic (exact) mass is 330 g/mol. The number of aromatic amines is 1. The Labute approximate surface area is 139 Å². The normalized spacial score (nSPS) is 12.9. The second kappa shape index (κ2) is 6.64. The first kappa shape index (κ1) is 15.9. The van der Waals surface area contributed by atoms with Crippen LogP contribution in [0.25, 0.3) is 21.5 Å². The Morgan fingerprint density at radius 1 is 1.30 bits per heavy atom. The number of hydrogen-bond donors (Lipinski definition) is 3. The van der Waals surface area contributed by atoms with Crippen LogP contribution in [0.2, 0.25) is 0 Å². The summed E-state index contributed by atoms with van der Waals surface area (Å²) < 4.78 is 0. The van der Waals surface area contributed by atoms with Crippen molar-refractivity contribution in [2.45, 2.75) is 33.2 Å². The molecule has 0 unspecified atom stereocenters. The topological polar surface area (TPSA) is 92.5 Å². The van der Waals surface area contributed by atoms with E-state index in [0.29, 0.717) is 12.5 Å². The predicted octanol–water partition coefficient (Wildman–Crippen LogP) is 3.18. The minimum atomic E-state index is 0.131. The molecule has 0 saturated carbocycles. The van der Waals surface area contributed by atoms with E-state index in [0.717, 1.165) is 38.6 Å². The third-order valence-electron chi connectivity index (χ3n) is 3.73. The molecule has 0 aliphatic heterocycles. The molecule has 1 aromatic carbocycles. The molecule has 0 aliphatic carbocycles. The molecule has 23 heavy (non-hydrogen) atoms. The highest BCUT2D eigenvalue weighted by Gasteiger charge is 2.12. The zero-order valence-electron chi connectivity index (χ0n) is 13.6. The summed E-state index contributed by atoms with van der Waals surface area (Å²) in [5.41, 5.74) is 9.38. The number of fused-ring (bicyclic) bond motifs is 1. The molecule has 0 amide bonds. The van der Waals surface area contributed by atoms with E-state index in [9.17, 15) is 0 Å². The minimum absolute atomic E-state index is 0.131. The van der Waals surface area contributed by atoms with E-state index in [1.165, 1.54) is 0 Å². The number of nitrogens with one attached hydrogen (secondary N) is 2. The summed E-state index contributed by atoms with van der Waals surface area (Å²) >= 11 is 1.55. The third kappa shape index (κ3) is 3.68. The minimum Gasteiger partial charge on any atom is -0.359 e. The molecule has 6 nitrogen and oxygen atoms in total. The lowest BCUT2D eigenvalue weighted by atomic mass is 10.1. The van der Waals surface area contributed by atoms with E-state index < -0.39 is 0 Å². The van der Waals surface area contributed by atoms with Crippen LogP contribution in [-0.4, -0.2) is 33.0 Å². The van der Waals surface area contributed by atoms with Gasteiger partial charge in [-0.2, -0.15) is 5.10 Å². The van der Waals surface area contributed by atoms with E-state index in [1.54, 1.807) is 11.3 Å². The first-order valence-corrected chi connectivity index (χ1v) is 8.61. The molecule has 4 N–H and O–H groups in total. The van der Waals surface area contributed by atoms with Gasteiger partial charge in [0.2, 0.25) is 5.13 Å². The molecule has 0 radical (unpaired) electrons. The van der Waals surface area contributed by atoms with Gasteiger partial charge in [-0.1, -0.05) is 25.2 Å². The fourth-order valence-electron chi connectivity index (χ4n) is 2.64. The number of hydrogen-bond acceptors (Lipinski definition) is 6. The zero-order chi connectivity index (χ0) is 16.4. The fraction of sp³-hybridized carbons (Fsp3) is 0.438. The second-order valence-corrected chi connectivity index (χ2v) is 7.28. The van der Waals surface area contributed by atoms with Gasteiger partial charge in [-0.25, -0.2) is 0 Å². The largest absolute Gasteiger partial charge is 0.359 e. The average Bonchev–Trinajstić information content (AvgIpc) is 3.11. The van der Waals surface area contributed by atoms with Gasteiger partial charge < -0.3 is 11.1 Å². The molecule has 0 aliphatic rings. The van der Waals surface area contributed by atoms with Crippen LogP contribution in [-0.2, 0) is 0 Å². The van der Waals surface area contributed by atoms with Gasteiger partial charge in [-0.05, 0) is 37.0 Å². The number of nitrogens with zero attached hydrogens (tertiary/aromatic N) is 3. The Bertz CT molecular complexity index is 791. The van der Waals surface area contributed by atoms with Crippen LogP contribution in [0.4, 0.5) is 5.13 Å². The summed E-state index contributed by atoms with van der Waals surface area (Å²) in [6, 6.07) is 4.32. The van der Waals surface area contributed by atoms with Crippen LogP contribution in [0.1, 0.15) is 25.8 Å².